The Balaban J connectivity index is 1.44. The van der Waals surface area contributed by atoms with Gasteiger partial charge in [0.2, 0.25) is 11.8 Å². The van der Waals surface area contributed by atoms with E-state index in [4.69, 9.17) is 0 Å². The van der Waals surface area contributed by atoms with Crippen LogP contribution < -0.4 is 0 Å². The zero-order chi connectivity index (χ0) is 23.9. The summed E-state index contributed by atoms with van der Waals surface area (Å²) in [6.07, 6.45) is 5.25. The van der Waals surface area contributed by atoms with Crippen LogP contribution in [0, 0.1) is 5.92 Å². The number of amides is 2. The second kappa shape index (κ2) is 9.30. The molecule has 0 radical (unpaired) electrons. The summed E-state index contributed by atoms with van der Waals surface area (Å²) in [7, 11) is -4.03. The molecule has 2 aromatic rings. The molecule has 3 fully saturated rings. The Labute approximate surface area is 201 Å². The molecule has 0 bridgehead atoms. The highest BCUT2D eigenvalue weighted by molar-refractivity contribution is 7.89. The van der Waals surface area contributed by atoms with Crippen LogP contribution in [0.3, 0.4) is 0 Å². The Morgan fingerprint density at radius 2 is 1.74 bits per heavy atom. The molecule has 3 aliphatic heterocycles. The van der Waals surface area contributed by atoms with Gasteiger partial charge in [0.05, 0.1) is 29.4 Å². The highest BCUT2D eigenvalue weighted by Crippen LogP contribution is 2.42. The zero-order valence-electron chi connectivity index (χ0n) is 19.7. The number of piperidine rings is 1. The summed E-state index contributed by atoms with van der Waals surface area (Å²) in [6, 6.07) is 11.7. The van der Waals surface area contributed by atoms with Crippen LogP contribution in [0.4, 0.5) is 0 Å². The van der Waals surface area contributed by atoms with Crippen molar-refractivity contribution in [1.82, 2.24) is 14.1 Å². The van der Waals surface area contributed by atoms with Crippen LogP contribution in [0.1, 0.15) is 45.4 Å². The lowest BCUT2D eigenvalue weighted by Crippen LogP contribution is -2.47. The fourth-order valence-corrected chi connectivity index (χ4v) is 7.75. The molecule has 3 heterocycles. The predicted octanol–water partition coefficient (Wildman–Crippen LogP) is 3.24. The molecular formula is C26H33N3O4S. The van der Waals surface area contributed by atoms with Crippen LogP contribution >= 0.6 is 0 Å². The van der Waals surface area contributed by atoms with E-state index in [1.165, 1.54) is 6.42 Å². The third-order valence-corrected chi connectivity index (χ3v) is 9.49. The first kappa shape index (κ1) is 23.3. The molecule has 5 rings (SSSR count). The van der Waals surface area contributed by atoms with Gasteiger partial charge in [-0.1, -0.05) is 50.1 Å². The van der Waals surface area contributed by atoms with Crippen molar-refractivity contribution in [3.05, 3.63) is 42.5 Å². The maximum Gasteiger partial charge on any atom is 0.266 e. The number of nitrogens with zero attached hydrogens (tertiary/aromatic N) is 3. The van der Waals surface area contributed by atoms with E-state index in [0.717, 1.165) is 47.4 Å². The van der Waals surface area contributed by atoms with Gasteiger partial charge in [0.1, 0.15) is 0 Å². The smallest absolute Gasteiger partial charge is 0.266 e. The first-order valence-electron chi connectivity index (χ1n) is 12.5. The summed E-state index contributed by atoms with van der Waals surface area (Å²) in [5, 5.41) is 1.77. The summed E-state index contributed by atoms with van der Waals surface area (Å²) in [5.74, 6) is -0.813. The topological polar surface area (TPSA) is 78.0 Å². The van der Waals surface area contributed by atoms with Crippen molar-refractivity contribution in [3.8, 4) is 0 Å². The number of benzene rings is 2. The van der Waals surface area contributed by atoms with E-state index in [0.29, 0.717) is 25.9 Å². The molecule has 0 N–H and O–H groups in total. The van der Waals surface area contributed by atoms with Gasteiger partial charge < -0.3 is 4.90 Å². The Kier molecular flexibility index (Phi) is 6.37. The van der Waals surface area contributed by atoms with Crippen LogP contribution in [0.25, 0.3) is 10.8 Å². The monoisotopic (exact) mass is 483 g/mol. The van der Waals surface area contributed by atoms with Gasteiger partial charge >= 0.3 is 0 Å². The van der Waals surface area contributed by atoms with E-state index in [-0.39, 0.29) is 22.8 Å². The van der Waals surface area contributed by atoms with E-state index in [1.54, 1.807) is 18.2 Å². The van der Waals surface area contributed by atoms with Crippen molar-refractivity contribution in [2.75, 3.05) is 26.2 Å². The Bertz CT molecular complexity index is 1190. The molecule has 3 atom stereocenters. The number of sulfonamides is 1. The number of fused-ring (bicyclic) bond motifs is 2. The molecule has 3 aliphatic rings. The van der Waals surface area contributed by atoms with E-state index in [2.05, 4.69) is 4.90 Å². The summed E-state index contributed by atoms with van der Waals surface area (Å²) < 4.78 is 28.7. The van der Waals surface area contributed by atoms with Crippen LogP contribution in [0.2, 0.25) is 0 Å². The largest absolute Gasteiger partial charge is 0.336 e. The van der Waals surface area contributed by atoms with Crippen molar-refractivity contribution in [2.45, 2.75) is 62.4 Å². The van der Waals surface area contributed by atoms with Crippen LogP contribution in [0.5, 0.6) is 0 Å². The molecule has 0 aliphatic carbocycles. The molecule has 3 saturated heterocycles. The molecule has 0 spiro atoms. The lowest BCUT2D eigenvalue weighted by molar-refractivity contribution is -0.135. The minimum absolute atomic E-state index is 0.0215. The lowest BCUT2D eigenvalue weighted by atomic mass is 9.94. The number of carbonyl (C=O) groups is 2. The molecule has 0 saturated carbocycles. The van der Waals surface area contributed by atoms with Gasteiger partial charge in [-0.15, -0.1) is 0 Å². The second-order valence-corrected chi connectivity index (χ2v) is 11.6. The zero-order valence-corrected chi connectivity index (χ0v) is 20.5. The standard InChI is InChI=1S/C26H33N3O4S/c1-2-8-22-25-23(13-16-28(25)24(30)18-27-14-6-3-7-15-27)29(26(22)31)34(32,33)21-12-11-19-9-4-5-10-20(19)17-21/h4-5,9-12,17,22-23,25H,2-3,6-8,13-16,18H2,1H3/t22-,23+,25-/m1/s1. The van der Waals surface area contributed by atoms with Gasteiger partial charge in [-0.05, 0) is 61.7 Å². The fourth-order valence-electron chi connectivity index (χ4n) is 6.05. The molecule has 7 nitrogen and oxygen atoms in total. The summed E-state index contributed by atoms with van der Waals surface area (Å²) >= 11 is 0. The predicted molar refractivity (Wildman–Crippen MR) is 131 cm³/mol. The van der Waals surface area contributed by atoms with Crippen molar-refractivity contribution < 1.29 is 18.0 Å². The first-order chi connectivity index (χ1) is 16.4. The third kappa shape index (κ3) is 4.01. The average Bonchev–Trinajstić information content (AvgIpc) is 3.38. The van der Waals surface area contributed by atoms with E-state index >= 15 is 0 Å². The summed E-state index contributed by atoms with van der Waals surface area (Å²) in [6.45, 7) is 4.70. The highest BCUT2D eigenvalue weighted by Gasteiger charge is 2.58. The molecule has 2 amide bonds. The Morgan fingerprint density at radius 1 is 1.00 bits per heavy atom. The SMILES string of the molecule is CCC[C@H]1C(=O)N(S(=O)(=O)c2ccc3ccccc3c2)[C@H]2CCN(C(=O)CN3CCCCC3)[C@H]12. The maximum atomic E-state index is 13.8. The average molecular weight is 484 g/mol. The van der Waals surface area contributed by atoms with Gasteiger partial charge in [-0.3, -0.25) is 14.5 Å². The maximum absolute atomic E-state index is 13.8. The molecular weight excluding hydrogens is 450 g/mol. The molecule has 0 unspecified atom stereocenters. The lowest BCUT2D eigenvalue weighted by Gasteiger charge is -2.31. The van der Waals surface area contributed by atoms with Gasteiger partial charge in [0, 0.05) is 6.54 Å². The number of hydrogen-bond donors (Lipinski definition) is 0. The Morgan fingerprint density at radius 3 is 2.47 bits per heavy atom. The van der Waals surface area contributed by atoms with Crippen molar-refractivity contribution in [3.63, 3.8) is 0 Å². The fraction of sp³-hybridized carbons (Fsp3) is 0.538. The van der Waals surface area contributed by atoms with E-state index < -0.39 is 22.0 Å². The number of rotatable bonds is 6. The van der Waals surface area contributed by atoms with Crippen LogP contribution in [0.15, 0.2) is 47.4 Å². The van der Waals surface area contributed by atoms with Crippen molar-refractivity contribution in [1.29, 1.82) is 0 Å². The van der Waals surface area contributed by atoms with E-state index in [9.17, 15) is 18.0 Å². The number of carbonyl (C=O) groups excluding carboxylic acids is 2. The first-order valence-corrected chi connectivity index (χ1v) is 13.9. The van der Waals surface area contributed by atoms with Gasteiger partial charge in [0.15, 0.2) is 0 Å². The van der Waals surface area contributed by atoms with E-state index in [1.807, 2.05) is 36.1 Å². The van der Waals surface area contributed by atoms with Gasteiger partial charge in [0.25, 0.3) is 10.0 Å². The second-order valence-electron chi connectivity index (χ2n) is 9.81. The van der Waals surface area contributed by atoms with Crippen molar-refractivity contribution >= 4 is 32.6 Å². The minimum atomic E-state index is -4.03. The summed E-state index contributed by atoms with van der Waals surface area (Å²) in [4.78, 5) is 31.0. The highest BCUT2D eigenvalue weighted by atomic mass is 32.2. The molecule has 0 aromatic heterocycles. The normalized spacial score (nSPS) is 25.8. The molecule has 8 heteroatoms. The minimum Gasteiger partial charge on any atom is -0.336 e. The van der Waals surface area contributed by atoms with Crippen LogP contribution in [-0.4, -0.2) is 72.6 Å². The Hall–Kier alpha value is -2.45. The number of likely N-dealkylation sites (tertiary alicyclic amines) is 2. The molecule has 182 valence electrons. The quantitative estimate of drug-likeness (QED) is 0.630. The van der Waals surface area contributed by atoms with Crippen LogP contribution in [-0.2, 0) is 19.6 Å². The third-order valence-electron chi connectivity index (χ3n) is 7.67. The van der Waals surface area contributed by atoms with Gasteiger partial charge in [-0.2, -0.15) is 0 Å². The van der Waals surface area contributed by atoms with Crippen molar-refractivity contribution in [2.24, 2.45) is 5.92 Å². The number of hydrogen-bond acceptors (Lipinski definition) is 5. The molecule has 34 heavy (non-hydrogen) atoms. The summed E-state index contributed by atoms with van der Waals surface area (Å²) in [5.41, 5.74) is 0. The van der Waals surface area contributed by atoms with Gasteiger partial charge in [-0.25, -0.2) is 12.7 Å². The molecule has 2 aromatic carbocycles.